The largest absolute Gasteiger partial charge is 0.435 e. The average Bonchev–Trinajstić information content (AvgIpc) is 3.69. The van der Waals surface area contributed by atoms with Crippen LogP contribution in [0.4, 0.5) is 30.5 Å². The molecular formula is C28H34F3N9O. The predicted molar refractivity (Wildman–Crippen MR) is 149 cm³/mol. The average molecular weight is 570 g/mol. The molecule has 6 rings (SSSR count). The minimum atomic E-state index is -4.53. The minimum Gasteiger partial charge on any atom is -0.382 e. The van der Waals surface area contributed by atoms with Gasteiger partial charge in [-0.05, 0) is 63.9 Å². The van der Waals surface area contributed by atoms with Gasteiger partial charge in [-0.3, -0.25) is 9.48 Å². The second-order valence-corrected chi connectivity index (χ2v) is 11.1. The SMILES string of the molecule is CC1C(=O)Nc2ncnc(N3CCC(c4nc(-c5cc(C(F)(F)F)nn5C)ccc4NCCN4CCCC4)CC3)c21. The molecular weight excluding hydrogens is 535 g/mol. The summed E-state index contributed by atoms with van der Waals surface area (Å²) in [5, 5.41) is 10.1. The van der Waals surface area contributed by atoms with Crippen LogP contribution < -0.4 is 15.5 Å². The van der Waals surface area contributed by atoms with Crippen molar-refractivity contribution < 1.29 is 18.0 Å². The number of rotatable bonds is 7. The highest BCUT2D eigenvalue weighted by Crippen LogP contribution is 2.40. The zero-order chi connectivity index (χ0) is 28.7. The number of nitrogens with zero attached hydrogens (tertiary/aromatic N) is 7. The van der Waals surface area contributed by atoms with E-state index in [1.54, 1.807) is 6.07 Å². The summed E-state index contributed by atoms with van der Waals surface area (Å²) < 4.78 is 41.3. The summed E-state index contributed by atoms with van der Waals surface area (Å²) in [5.74, 6) is 1.06. The Morgan fingerprint density at radius 1 is 1.10 bits per heavy atom. The molecule has 0 bridgehead atoms. The standard InChI is InChI=1S/C28H34F3N9O/c1-17-23-25(36-27(17)41)33-16-34-26(23)40-12-7-18(8-13-40)24-20(32-9-14-39-10-3-4-11-39)6-5-19(35-24)21-15-22(28(29,30)31)37-38(21)2/h5-6,15-18,32H,3-4,7-14H2,1-2H3,(H,33,34,36,41). The lowest BCUT2D eigenvalue weighted by Gasteiger charge is -2.34. The normalized spacial score (nSPS) is 20.0. The Kier molecular flexibility index (Phi) is 7.30. The van der Waals surface area contributed by atoms with Gasteiger partial charge in [0, 0.05) is 44.7 Å². The first kappa shape index (κ1) is 27.4. The Morgan fingerprint density at radius 2 is 1.85 bits per heavy atom. The number of pyridine rings is 1. The van der Waals surface area contributed by atoms with E-state index in [0.717, 1.165) is 67.8 Å². The fourth-order valence-electron chi connectivity index (χ4n) is 6.14. The number of halogens is 3. The molecule has 2 fully saturated rings. The summed E-state index contributed by atoms with van der Waals surface area (Å²) in [6.45, 7) is 7.19. The van der Waals surface area contributed by atoms with Crippen molar-refractivity contribution in [3.8, 4) is 11.4 Å². The lowest BCUT2D eigenvalue weighted by atomic mass is 9.91. The molecule has 6 heterocycles. The van der Waals surface area contributed by atoms with Crippen molar-refractivity contribution in [3.63, 3.8) is 0 Å². The summed E-state index contributed by atoms with van der Waals surface area (Å²) in [5.41, 5.74) is 2.45. The maximum atomic E-state index is 13.4. The van der Waals surface area contributed by atoms with Crippen LogP contribution in [0.15, 0.2) is 24.5 Å². The zero-order valence-corrected chi connectivity index (χ0v) is 23.2. The number of likely N-dealkylation sites (tertiary alicyclic amines) is 1. The molecule has 3 aromatic heterocycles. The number of amides is 1. The van der Waals surface area contributed by atoms with E-state index in [2.05, 4.69) is 35.5 Å². The molecule has 0 saturated carbocycles. The molecule has 3 aromatic rings. The van der Waals surface area contributed by atoms with Crippen molar-refractivity contribution in [2.45, 2.75) is 50.6 Å². The lowest BCUT2D eigenvalue weighted by Crippen LogP contribution is -2.35. The van der Waals surface area contributed by atoms with Crippen molar-refractivity contribution in [1.82, 2.24) is 29.6 Å². The fourth-order valence-corrected chi connectivity index (χ4v) is 6.14. The van der Waals surface area contributed by atoms with Gasteiger partial charge in [-0.1, -0.05) is 0 Å². The van der Waals surface area contributed by atoms with Crippen LogP contribution in [0.25, 0.3) is 11.4 Å². The number of hydrogen-bond donors (Lipinski definition) is 2. The second kappa shape index (κ2) is 10.9. The lowest BCUT2D eigenvalue weighted by molar-refractivity contribution is -0.141. The van der Waals surface area contributed by atoms with Gasteiger partial charge in [0.15, 0.2) is 5.69 Å². The quantitative estimate of drug-likeness (QED) is 0.436. The monoisotopic (exact) mass is 569 g/mol. The second-order valence-electron chi connectivity index (χ2n) is 11.1. The Bertz CT molecular complexity index is 1430. The van der Waals surface area contributed by atoms with E-state index in [0.29, 0.717) is 30.3 Å². The number of fused-ring (bicyclic) bond motifs is 1. The van der Waals surface area contributed by atoms with Gasteiger partial charge in [-0.2, -0.15) is 18.3 Å². The summed E-state index contributed by atoms with van der Waals surface area (Å²) in [7, 11) is 1.51. The van der Waals surface area contributed by atoms with Crippen LogP contribution in [0.2, 0.25) is 0 Å². The Balaban J connectivity index is 1.25. The van der Waals surface area contributed by atoms with Gasteiger partial charge in [0.1, 0.15) is 18.0 Å². The molecule has 1 amide bonds. The van der Waals surface area contributed by atoms with Crippen molar-refractivity contribution in [2.24, 2.45) is 7.05 Å². The Hall–Kier alpha value is -3.74. The van der Waals surface area contributed by atoms with Gasteiger partial charge in [0.05, 0.1) is 28.7 Å². The summed E-state index contributed by atoms with van der Waals surface area (Å²) in [4.78, 5) is 30.6. The van der Waals surface area contributed by atoms with Gasteiger partial charge in [-0.25, -0.2) is 15.0 Å². The van der Waals surface area contributed by atoms with Crippen LogP contribution in [0.1, 0.15) is 61.4 Å². The molecule has 10 nitrogen and oxygen atoms in total. The van der Waals surface area contributed by atoms with Crippen molar-refractivity contribution in [3.05, 3.63) is 41.5 Å². The summed E-state index contributed by atoms with van der Waals surface area (Å²) in [6.07, 6.45) is 0.971. The van der Waals surface area contributed by atoms with Crippen LogP contribution in [-0.2, 0) is 18.0 Å². The number of aromatic nitrogens is 5. The predicted octanol–water partition coefficient (Wildman–Crippen LogP) is 4.24. The van der Waals surface area contributed by atoms with Gasteiger partial charge < -0.3 is 20.4 Å². The number of hydrogen-bond acceptors (Lipinski definition) is 8. The van der Waals surface area contributed by atoms with E-state index in [-0.39, 0.29) is 17.7 Å². The maximum absolute atomic E-state index is 13.4. The van der Waals surface area contributed by atoms with E-state index < -0.39 is 11.9 Å². The van der Waals surface area contributed by atoms with Crippen LogP contribution in [-0.4, -0.2) is 74.8 Å². The number of piperidine rings is 1. The molecule has 41 heavy (non-hydrogen) atoms. The number of aryl methyl sites for hydroxylation is 1. The molecule has 0 spiro atoms. The van der Waals surface area contributed by atoms with Gasteiger partial charge in [0.2, 0.25) is 5.91 Å². The van der Waals surface area contributed by atoms with E-state index in [1.807, 2.05) is 13.0 Å². The van der Waals surface area contributed by atoms with Crippen molar-refractivity contribution in [1.29, 1.82) is 0 Å². The third-order valence-electron chi connectivity index (χ3n) is 8.41. The van der Waals surface area contributed by atoms with Gasteiger partial charge >= 0.3 is 6.18 Å². The highest BCUT2D eigenvalue weighted by atomic mass is 19.4. The number of anilines is 3. The molecule has 13 heteroatoms. The number of carbonyl (C=O) groups is 1. The first-order chi connectivity index (χ1) is 19.7. The molecule has 0 aromatic carbocycles. The van der Waals surface area contributed by atoms with E-state index in [9.17, 15) is 18.0 Å². The van der Waals surface area contributed by atoms with Crippen LogP contribution in [0.5, 0.6) is 0 Å². The summed E-state index contributed by atoms with van der Waals surface area (Å²) >= 11 is 0. The molecule has 3 aliphatic heterocycles. The summed E-state index contributed by atoms with van der Waals surface area (Å²) in [6, 6.07) is 4.76. The third-order valence-corrected chi connectivity index (χ3v) is 8.41. The molecule has 3 aliphatic rings. The van der Waals surface area contributed by atoms with Crippen LogP contribution in [0, 0.1) is 0 Å². The molecule has 0 radical (unpaired) electrons. The molecule has 1 unspecified atom stereocenters. The smallest absolute Gasteiger partial charge is 0.382 e. The van der Waals surface area contributed by atoms with Crippen molar-refractivity contribution >= 4 is 23.2 Å². The van der Waals surface area contributed by atoms with Crippen LogP contribution >= 0.6 is 0 Å². The highest BCUT2D eigenvalue weighted by molar-refractivity contribution is 6.03. The maximum Gasteiger partial charge on any atom is 0.435 e. The molecule has 0 aliphatic carbocycles. The number of carbonyl (C=O) groups excluding carboxylic acids is 1. The molecule has 218 valence electrons. The topological polar surface area (TPSA) is 104 Å². The Morgan fingerprint density at radius 3 is 2.56 bits per heavy atom. The first-order valence-electron chi connectivity index (χ1n) is 14.2. The van der Waals surface area contributed by atoms with E-state index in [4.69, 9.17) is 4.98 Å². The zero-order valence-electron chi connectivity index (χ0n) is 23.2. The molecule has 2 saturated heterocycles. The van der Waals surface area contributed by atoms with Gasteiger partial charge in [0.25, 0.3) is 0 Å². The number of nitrogens with one attached hydrogen (secondary N) is 2. The first-order valence-corrected chi connectivity index (χ1v) is 14.2. The van der Waals surface area contributed by atoms with Gasteiger partial charge in [-0.15, -0.1) is 0 Å². The van der Waals surface area contributed by atoms with Crippen LogP contribution in [0.3, 0.4) is 0 Å². The molecule has 1 atom stereocenters. The molecule has 2 N–H and O–H groups in total. The minimum absolute atomic E-state index is 0.0776. The highest BCUT2D eigenvalue weighted by Gasteiger charge is 2.36. The number of alkyl halides is 3. The third kappa shape index (κ3) is 5.46. The Labute approximate surface area is 236 Å². The van der Waals surface area contributed by atoms with E-state index in [1.165, 1.54) is 30.9 Å². The van der Waals surface area contributed by atoms with Crippen molar-refractivity contribution in [2.75, 3.05) is 54.8 Å². The van der Waals surface area contributed by atoms with E-state index >= 15 is 0 Å². The fraction of sp³-hybridized carbons (Fsp3) is 0.536.